The summed E-state index contributed by atoms with van der Waals surface area (Å²) in [5.74, 6) is 0.628. The molecule has 0 radical (unpaired) electrons. The summed E-state index contributed by atoms with van der Waals surface area (Å²) >= 11 is 0. The Bertz CT molecular complexity index is 1290. The van der Waals surface area contributed by atoms with Crippen LogP contribution in [0.25, 0.3) is 11.4 Å². The Morgan fingerprint density at radius 2 is 1.87 bits per heavy atom. The number of amides is 3. The average Bonchev–Trinajstić information content (AvgIpc) is 3.35. The Balaban J connectivity index is 1.70. The number of fused-ring (bicyclic) bond motifs is 3. The van der Waals surface area contributed by atoms with Crippen LogP contribution in [0.3, 0.4) is 0 Å². The smallest absolute Gasteiger partial charge is 0.251 e. The van der Waals surface area contributed by atoms with Crippen molar-refractivity contribution >= 4 is 17.7 Å². The van der Waals surface area contributed by atoms with Crippen LogP contribution in [0.2, 0.25) is 0 Å². The van der Waals surface area contributed by atoms with Crippen molar-refractivity contribution in [1.29, 1.82) is 0 Å². The summed E-state index contributed by atoms with van der Waals surface area (Å²) in [7, 11) is 1.42. The van der Waals surface area contributed by atoms with E-state index in [4.69, 9.17) is 19.6 Å². The molecule has 0 spiro atoms. The molecule has 2 heterocycles. The van der Waals surface area contributed by atoms with E-state index in [2.05, 4.69) is 10.6 Å². The zero-order chi connectivity index (χ0) is 27.8. The standard InChI is InChI=1S/C28H34N6O5/c1-19(2)25-27-31-26(20-8-5-4-6-9-20)32-34(27)14-15-39-22-11-7-10-21(16-22)28(37)29-12-13-33(17-23(35)30-25)24(36)18-38-3/h4-11,16,19,25H,12-15,17-18H2,1-3H3,(H,29,37)(H,30,35)/t25-/m0/s1. The van der Waals surface area contributed by atoms with Gasteiger partial charge in [-0.25, -0.2) is 9.67 Å². The van der Waals surface area contributed by atoms with Crippen molar-refractivity contribution < 1.29 is 23.9 Å². The summed E-state index contributed by atoms with van der Waals surface area (Å²) in [5, 5.41) is 10.6. The molecule has 0 unspecified atom stereocenters. The third kappa shape index (κ3) is 7.20. The van der Waals surface area contributed by atoms with E-state index in [0.29, 0.717) is 29.5 Å². The molecule has 11 heteroatoms. The van der Waals surface area contributed by atoms with Crippen molar-refractivity contribution in [2.24, 2.45) is 5.92 Å². The van der Waals surface area contributed by atoms with Gasteiger partial charge in [0.25, 0.3) is 5.91 Å². The quantitative estimate of drug-likeness (QED) is 0.524. The number of benzene rings is 2. The molecule has 1 aromatic heterocycles. The molecular weight excluding hydrogens is 500 g/mol. The fraction of sp³-hybridized carbons (Fsp3) is 0.393. The predicted molar refractivity (Wildman–Crippen MR) is 144 cm³/mol. The van der Waals surface area contributed by atoms with Crippen LogP contribution >= 0.6 is 0 Å². The summed E-state index contributed by atoms with van der Waals surface area (Å²) < 4.78 is 12.7. The van der Waals surface area contributed by atoms with Gasteiger partial charge < -0.3 is 25.0 Å². The Hall–Kier alpha value is -4.25. The lowest BCUT2D eigenvalue weighted by molar-refractivity contribution is -0.139. The summed E-state index contributed by atoms with van der Waals surface area (Å²) in [6, 6.07) is 16.0. The molecule has 0 saturated heterocycles. The lowest BCUT2D eigenvalue weighted by Crippen LogP contribution is -2.46. The maximum absolute atomic E-state index is 13.2. The Morgan fingerprint density at radius 3 is 2.62 bits per heavy atom. The zero-order valence-electron chi connectivity index (χ0n) is 22.4. The SMILES string of the molecule is COCC(=O)N1CCNC(=O)c2cccc(c2)OCCn2nc(-c3ccccc3)nc2[C@H](C(C)C)NC(=O)C1. The van der Waals surface area contributed by atoms with Crippen molar-refractivity contribution in [3.63, 3.8) is 0 Å². The van der Waals surface area contributed by atoms with E-state index in [1.165, 1.54) is 12.0 Å². The molecule has 0 aliphatic carbocycles. The third-order valence-electron chi connectivity index (χ3n) is 6.28. The van der Waals surface area contributed by atoms with Crippen LogP contribution in [-0.4, -0.2) is 77.3 Å². The van der Waals surface area contributed by atoms with Gasteiger partial charge in [-0.05, 0) is 24.1 Å². The molecule has 1 aliphatic rings. The maximum atomic E-state index is 13.2. The average molecular weight is 535 g/mol. The minimum absolute atomic E-state index is 0.0254. The lowest BCUT2D eigenvalue weighted by Gasteiger charge is -2.26. The second kappa shape index (κ2) is 13.0. The Kier molecular flexibility index (Phi) is 9.27. The van der Waals surface area contributed by atoms with Crippen LogP contribution in [0.5, 0.6) is 5.75 Å². The first-order valence-electron chi connectivity index (χ1n) is 12.9. The van der Waals surface area contributed by atoms with Crippen molar-refractivity contribution in [2.75, 3.05) is 40.0 Å². The van der Waals surface area contributed by atoms with E-state index in [-0.39, 0.29) is 56.5 Å². The van der Waals surface area contributed by atoms with Crippen molar-refractivity contribution in [2.45, 2.75) is 26.4 Å². The molecule has 1 aliphatic heterocycles. The molecule has 4 rings (SSSR count). The fourth-order valence-electron chi connectivity index (χ4n) is 4.27. The van der Waals surface area contributed by atoms with Gasteiger partial charge in [0.1, 0.15) is 19.0 Å². The van der Waals surface area contributed by atoms with Gasteiger partial charge in [0.2, 0.25) is 11.8 Å². The molecule has 11 nitrogen and oxygen atoms in total. The van der Waals surface area contributed by atoms with E-state index in [0.717, 1.165) is 5.56 Å². The summed E-state index contributed by atoms with van der Waals surface area (Å²) in [6.07, 6.45) is 0. The van der Waals surface area contributed by atoms with Gasteiger partial charge in [-0.3, -0.25) is 14.4 Å². The van der Waals surface area contributed by atoms with Crippen LogP contribution in [0.1, 0.15) is 36.1 Å². The molecule has 0 fully saturated rings. The van der Waals surface area contributed by atoms with Gasteiger partial charge in [-0.1, -0.05) is 50.2 Å². The van der Waals surface area contributed by atoms with Crippen molar-refractivity contribution in [3.05, 3.63) is 66.0 Å². The number of methoxy groups -OCH3 is 1. The van der Waals surface area contributed by atoms with Gasteiger partial charge in [0.05, 0.1) is 19.1 Å². The van der Waals surface area contributed by atoms with E-state index < -0.39 is 6.04 Å². The molecule has 2 aromatic carbocycles. The lowest BCUT2D eigenvalue weighted by atomic mass is 10.0. The molecule has 2 N–H and O–H groups in total. The minimum Gasteiger partial charge on any atom is -0.492 e. The summed E-state index contributed by atoms with van der Waals surface area (Å²) in [4.78, 5) is 44.8. The number of nitrogens with zero attached hydrogens (tertiary/aromatic N) is 4. The number of hydrogen-bond donors (Lipinski definition) is 2. The van der Waals surface area contributed by atoms with Gasteiger partial charge in [0, 0.05) is 31.3 Å². The molecular formula is C28H34N6O5. The highest BCUT2D eigenvalue weighted by atomic mass is 16.5. The van der Waals surface area contributed by atoms with E-state index >= 15 is 0 Å². The van der Waals surface area contributed by atoms with Crippen molar-refractivity contribution in [3.8, 4) is 17.1 Å². The number of hydrogen-bond acceptors (Lipinski definition) is 7. The monoisotopic (exact) mass is 534 g/mol. The first-order chi connectivity index (χ1) is 18.9. The van der Waals surface area contributed by atoms with Gasteiger partial charge in [-0.2, -0.15) is 5.10 Å². The van der Waals surface area contributed by atoms with Crippen LogP contribution in [-0.2, 0) is 20.9 Å². The van der Waals surface area contributed by atoms with Gasteiger partial charge >= 0.3 is 0 Å². The largest absolute Gasteiger partial charge is 0.492 e. The van der Waals surface area contributed by atoms with Gasteiger partial charge in [0.15, 0.2) is 11.6 Å². The molecule has 3 amide bonds. The van der Waals surface area contributed by atoms with Crippen molar-refractivity contribution in [1.82, 2.24) is 30.3 Å². The maximum Gasteiger partial charge on any atom is 0.251 e. The number of nitrogens with one attached hydrogen (secondary N) is 2. The van der Waals surface area contributed by atoms with E-state index in [9.17, 15) is 14.4 Å². The second-order valence-corrected chi connectivity index (χ2v) is 9.55. The number of aromatic nitrogens is 3. The zero-order valence-corrected chi connectivity index (χ0v) is 22.4. The van der Waals surface area contributed by atoms with E-state index in [1.54, 1.807) is 28.9 Å². The topological polar surface area (TPSA) is 128 Å². The Morgan fingerprint density at radius 1 is 1.10 bits per heavy atom. The fourth-order valence-corrected chi connectivity index (χ4v) is 4.27. The first-order valence-corrected chi connectivity index (χ1v) is 12.9. The highest BCUT2D eigenvalue weighted by molar-refractivity contribution is 5.94. The molecule has 3 aromatic rings. The number of rotatable bonds is 4. The summed E-state index contributed by atoms with van der Waals surface area (Å²) in [5.41, 5.74) is 1.28. The molecule has 1 atom stereocenters. The molecule has 0 saturated carbocycles. The highest BCUT2D eigenvalue weighted by Gasteiger charge is 2.27. The van der Waals surface area contributed by atoms with Gasteiger partial charge in [-0.15, -0.1) is 0 Å². The van der Waals surface area contributed by atoms with Crippen LogP contribution in [0, 0.1) is 5.92 Å². The highest BCUT2D eigenvalue weighted by Crippen LogP contribution is 2.24. The van der Waals surface area contributed by atoms with Crippen LogP contribution in [0.4, 0.5) is 0 Å². The summed E-state index contributed by atoms with van der Waals surface area (Å²) in [6.45, 7) is 4.53. The number of ether oxygens (including phenoxy) is 2. The minimum atomic E-state index is -0.472. The Labute approximate surface area is 227 Å². The predicted octanol–water partition coefficient (Wildman–Crippen LogP) is 2.06. The normalized spacial score (nSPS) is 17.0. The molecule has 206 valence electrons. The number of carbonyl (C=O) groups excluding carboxylic acids is 3. The van der Waals surface area contributed by atoms with Crippen LogP contribution < -0.4 is 15.4 Å². The van der Waals surface area contributed by atoms with E-state index in [1.807, 2.05) is 44.2 Å². The molecule has 39 heavy (non-hydrogen) atoms. The molecule has 2 bridgehead atoms. The second-order valence-electron chi connectivity index (χ2n) is 9.55. The van der Waals surface area contributed by atoms with Crippen LogP contribution in [0.15, 0.2) is 54.6 Å². The number of carbonyl (C=O) groups is 3. The third-order valence-corrected chi connectivity index (χ3v) is 6.28. The first kappa shape index (κ1) is 27.8.